The number of hydrogen-bond acceptors (Lipinski definition) is 3. The van der Waals surface area contributed by atoms with Gasteiger partial charge in [0.05, 0.1) is 7.11 Å². The SMILES string of the molecule is COc1cccc(CNC2CCCCC2)c1OCc1ccccc1Cl.Cl. The van der Waals surface area contributed by atoms with Crippen LogP contribution in [0.1, 0.15) is 43.2 Å². The van der Waals surface area contributed by atoms with E-state index >= 15 is 0 Å². The molecule has 0 amide bonds. The van der Waals surface area contributed by atoms with Crippen molar-refractivity contribution in [3.63, 3.8) is 0 Å². The number of nitrogens with one attached hydrogen (secondary N) is 1. The molecule has 0 aliphatic heterocycles. The highest BCUT2D eigenvalue weighted by molar-refractivity contribution is 6.31. The second kappa shape index (κ2) is 10.7. The summed E-state index contributed by atoms with van der Waals surface area (Å²) in [5.41, 5.74) is 2.10. The van der Waals surface area contributed by atoms with Gasteiger partial charge in [-0.25, -0.2) is 0 Å². The van der Waals surface area contributed by atoms with Crippen LogP contribution >= 0.6 is 24.0 Å². The van der Waals surface area contributed by atoms with Crippen LogP contribution in [0.4, 0.5) is 0 Å². The molecule has 1 N–H and O–H groups in total. The van der Waals surface area contributed by atoms with Crippen molar-refractivity contribution < 1.29 is 9.47 Å². The number of halogens is 2. The second-order valence-electron chi connectivity index (χ2n) is 6.54. The van der Waals surface area contributed by atoms with Crippen LogP contribution in [-0.2, 0) is 13.2 Å². The van der Waals surface area contributed by atoms with Crippen molar-refractivity contribution in [2.75, 3.05) is 7.11 Å². The summed E-state index contributed by atoms with van der Waals surface area (Å²) in [6, 6.07) is 14.4. The lowest BCUT2D eigenvalue weighted by molar-refractivity contribution is 0.279. The smallest absolute Gasteiger partial charge is 0.166 e. The molecule has 1 fully saturated rings. The molecule has 2 aromatic carbocycles. The maximum atomic E-state index is 6.24. The lowest BCUT2D eigenvalue weighted by Crippen LogP contribution is -2.30. The first-order valence-electron chi connectivity index (χ1n) is 9.03. The molecule has 0 radical (unpaired) electrons. The van der Waals surface area contributed by atoms with Crippen LogP contribution in [0.15, 0.2) is 42.5 Å². The summed E-state index contributed by atoms with van der Waals surface area (Å²) in [7, 11) is 1.68. The van der Waals surface area contributed by atoms with Crippen LogP contribution < -0.4 is 14.8 Å². The molecule has 26 heavy (non-hydrogen) atoms. The van der Waals surface area contributed by atoms with Crippen LogP contribution in [0.5, 0.6) is 11.5 Å². The van der Waals surface area contributed by atoms with E-state index in [0.717, 1.165) is 34.2 Å². The van der Waals surface area contributed by atoms with Gasteiger partial charge in [0.25, 0.3) is 0 Å². The van der Waals surface area contributed by atoms with Crippen LogP contribution in [0, 0.1) is 0 Å². The molecule has 0 heterocycles. The molecule has 1 aliphatic rings. The summed E-state index contributed by atoms with van der Waals surface area (Å²) in [5.74, 6) is 1.56. The fourth-order valence-corrected chi connectivity index (χ4v) is 3.54. The summed E-state index contributed by atoms with van der Waals surface area (Å²) in [6.07, 6.45) is 6.54. The molecule has 3 nitrogen and oxygen atoms in total. The number of rotatable bonds is 7. The Morgan fingerprint density at radius 1 is 1.00 bits per heavy atom. The lowest BCUT2D eigenvalue weighted by atomic mass is 9.95. The molecule has 142 valence electrons. The van der Waals surface area contributed by atoms with E-state index in [4.69, 9.17) is 21.1 Å². The van der Waals surface area contributed by atoms with Crippen molar-refractivity contribution in [1.82, 2.24) is 5.32 Å². The Morgan fingerprint density at radius 2 is 1.73 bits per heavy atom. The predicted octanol–water partition coefficient (Wildman–Crippen LogP) is 5.77. The van der Waals surface area contributed by atoms with E-state index in [-0.39, 0.29) is 12.4 Å². The van der Waals surface area contributed by atoms with E-state index in [1.165, 1.54) is 32.1 Å². The Labute approximate surface area is 167 Å². The first-order chi connectivity index (χ1) is 12.3. The first-order valence-corrected chi connectivity index (χ1v) is 9.41. The maximum Gasteiger partial charge on any atom is 0.166 e. The minimum atomic E-state index is 0. The standard InChI is InChI=1S/C21H26ClNO2.ClH/c1-24-20-13-7-9-16(14-23-18-10-3-2-4-11-18)21(20)25-15-17-8-5-6-12-19(17)22;/h5-9,12-13,18,23H,2-4,10-11,14-15H2,1H3;1H. The third-order valence-electron chi connectivity index (χ3n) is 4.80. The highest BCUT2D eigenvalue weighted by Crippen LogP contribution is 2.32. The fraction of sp³-hybridized carbons (Fsp3) is 0.429. The molecular formula is C21H27Cl2NO2. The molecule has 3 rings (SSSR count). The molecule has 0 bridgehead atoms. The van der Waals surface area contributed by atoms with E-state index in [1.807, 2.05) is 36.4 Å². The molecule has 2 aromatic rings. The monoisotopic (exact) mass is 395 g/mol. The zero-order valence-corrected chi connectivity index (χ0v) is 16.7. The molecule has 0 unspecified atom stereocenters. The van der Waals surface area contributed by atoms with Crippen molar-refractivity contribution >= 4 is 24.0 Å². The molecule has 0 atom stereocenters. The van der Waals surface area contributed by atoms with E-state index in [2.05, 4.69) is 11.4 Å². The van der Waals surface area contributed by atoms with Gasteiger partial charge in [0.2, 0.25) is 0 Å². The molecule has 5 heteroatoms. The number of hydrogen-bond donors (Lipinski definition) is 1. The zero-order chi connectivity index (χ0) is 17.5. The highest BCUT2D eigenvalue weighted by atomic mass is 35.5. The average molecular weight is 396 g/mol. The molecule has 0 saturated heterocycles. The second-order valence-corrected chi connectivity index (χ2v) is 6.95. The maximum absolute atomic E-state index is 6.24. The van der Waals surface area contributed by atoms with Gasteiger partial charge in [0, 0.05) is 28.7 Å². The van der Waals surface area contributed by atoms with Crippen LogP contribution in [-0.4, -0.2) is 13.2 Å². The van der Waals surface area contributed by atoms with Gasteiger partial charge in [-0.1, -0.05) is 61.2 Å². The Bertz CT molecular complexity index is 687. The third-order valence-corrected chi connectivity index (χ3v) is 5.17. The van der Waals surface area contributed by atoms with Gasteiger partial charge in [-0.05, 0) is 25.0 Å². The van der Waals surface area contributed by atoms with Crippen molar-refractivity contribution in [2.45, 2.75) is 51.3 Å². The summed E-state index contributed by atoms with van der Waals surface area (Å²) in [6.45, 7) is 1.22. The first kappa shape index (κ1) is 20.9. The Hall–Kier alpha value is -1.42. The van der Waals surface area contributed by atoms with Crippen LogP contribution in [0.25, 0.3) is 0 Å². The van der Waals surface area contributed by atoms with Crippen molar-refractivity contribution in [3.8, 4) is 11.5 Å². The van der Waals surface area contributed by atoms with Gasteiger partial charge < -0.3 is 14.8 Å². The Kier molecular flexibility index (Phi) is 8.56. The molecular weight excluding hydrogens is 369 g/mol. The summed E-state index contributed by atoms with van der Waals surface area (Å²) >= 11 is 6.24. The van der Waals surface area contributed by atoms with Gasteiger partial charge >= 0.3 is 0 Å². The van der Waals surface area contributed by atoms with E-state index in [9.17, 15) is 0 Å². The van der Waals surface area contributed by atoms with Crippen molar-refractivity contribution in [3.05, 3.63) is 58.6 Å². The topological polar surface area (TPSA) is 30.5 Å². The van der Waals surface area contributed by atoms with E-state index in [0.29, 0.717) is 12.6 Å². The number of methoxy groups -OCH3 is 1. The minimum Gasteiger partial charge on any atom is -0.493 e. The zero-order valence-electron chi connectivity index (χ0n) is 15.2. The predicted molar refractivity (Wildman–Crippen MR) is 110 cm³/mol. The Morgan fingerprint density at radius 3 is 2.46 bits per heavy atom. The molecule has 0 spiro atoms. The average Bonchev–Trinajstić information content (AvgIpc) is 2.66. The number of benzene rings is 2. The molecule has 0 aromatic heterocycles. The van der Waals surface area contributed by atoms with E-state index < -0.39 is 0 Å². The van der Waals surface area contributed by atoms with Crippen molar-refractivity contribution in [2.24, 2.45) is 0 Å². The largest absolute Gasteiger partial charge is 0.493 e. The number of para-hydroxylation sites is 1. The Balaban J connectivity index is 0.00000243. The van der Waals surface area contributed by atoms with Crippen LogP contribution in [0.3, 0.4) is 0 Å². The van der Waals surface area contributed by atoms with Gasteiger partial charge in [0.1, 0.15) is 6.61 Å². The minimum absolute atomic E-state index is 0. The van der Waals surface area contributed by atoms with E-state index in [1.54, 1.807) is 7.11 Å². The van der Waals surface area contributed by atoms with Gasteiger partial charge in [0.15, 0.2) is 11.5 Å². The summed E-state index contributed by atoms with van der Waals surface area (Å²) < 4.78 is 11.6. The van der Waals surface area contributed by atoms with Gasteiger partial charge in [-0.2, -0.15) is 0 Å². The third kappa shape index (κ3) is 5.54. The summed E-state index contributed by atoms with van der Waals surface area (Å²) in [5, 5.41) is 4.40. The fourth-order valence-electron chi connectivity index (χ4n) is 3.35. The van der Waals surface area contributed by atoms with Gasteiger partial charge in [-0.3, -0.25) is 0 Å². The molecule has 1 aliphatic carbocycles. The van der Waals surface area contributed by atoms with Crippen molar-refractivity contribution in [1.29, 1.82) is 0 Å². The molecule has 1 saturated carbocycles. The quantitative estimate of drug-likeness (QED) is 0.644. The number of ether oxygens (including phenoxy) is 2. The normalized spacial score (nSPS) is 14.5. The summed E-state index contributed by atoms with van der Waals surface area (Å²) in [4.78, 5) is 0. The van der Waals surface area contributed by atoms with Gasteiger partial charge in [-0.15, -0.1) is 12.4 Å². The van der Waals surface area contributed by atoms with Crippen LogP contribution in [0.2, 0.25) is 5.02 Å². The highest BCUT2D eigenvalue weighted by Gasteiger charge is 2.16. The lowest BCUT2D eigenvalue weighted by Gasteiger charge is -2.24.